The van der Waals surface area contributed by atoms with Crippen molar-refractivity contribution in [2.45, 2.75) is 54.2 Å². The van der Waals surface area contributed by atoms with Crippen molar-refractivity contribution in [2.75, 3.05) is 31.8 Å². The Labute approximate surface area is 213 Å². The standard InChI is InChI=1S/C24H28N6O6S/c1-37(34,35)21-20(14-6-15-3-4-16(7-14)29(15)19(32)10-31)28-23-17(9-27-30(23)22(21)25)13-2-5-18(26-8-13)24(33)11-36-12-24/h2,5,8-9,14-16,31,33H,3-4,6-7,10-12,25H2,1H3. The van der Waals surface area contributed by atoms with Gasteiger partial charge in [-0.15, -0.1) is 0 Å². The molecule has 2 atom stereocenters. The lowest BCUT2D eigenvalue weighted by molar-refractivity contribution is -0.186. The molecule has 0 saturated carbocycles. The highest BCUT2D eigenvalue weighted by Gasteiger charge is 2.45. The second kappa shape index (κ2) is 8.45. The Morgan fingerprint density at radius 3 is 2.46 bits per heavy atom. The molecule has 0 aliphatic carbocycles. The van der Waals surface area contributed by atoms with Crippen LogP contribution in [-0.2, 0) is 25.0 Å². The van der Waals surface area contributed by atoms with E-state index in [0.29, 0.717) is 41.0 Å². The molecule has 3 aliphatic rings. The molecule has 3 fully saturated rings. The average molecular weight is 529 g/mol. The molecule has 2 bridgehead atoms. The molecule has 0 aromatic carbocycles. The number of anilines is 1. The molecule has 1 amide bonds. The molecular weight excluding hydrogens is 500 g/mol. The summed E-state index contributed by atoms with van der Waals surface area (Å²) in [5.74, 6) is -0.543. The van der Waals surface area contributed by atoms with Crippen molar-refractivity contribution in [1.82, 2.24) is 24.5 Å². The second-order valence-electron chi connectivity index (χ2n) is 10.2. The fraction of sp³-hybridized carbons (Fsp3) is 0.500. The molecule has 3 aromatic heterocycles. The number of sulfone groups is 1. The van der Waals surface area contributed by atoms with Gasteiger partial charge in [0.2, 0.25) is 5.91 Å². The van der Waals surface area contributed by atoms with Crippen LogP contribution in [0.1, 0.15) is 43.0 Å². The number of rotatable bonds is 5. The van der Waals surface area contributed by atoms with Gasteiger partial charge in [-0.25, -0.2) is 13.4 Å². The summed E-state index contributed by atoms with van der Waals surface area (Å²) >= 11 is 0. The summed E-state index contributed by atoms with van der Waals surface area (Å²) in [6.07, 6.45) is 6.96. The van der Waals surface area contributed by atoms with Gasteiger partial charge in [-0.3, -0.25) is 9.78 Å². The summed E-state index contributed by atoms with van der Waals surface area (Å²) in [4.78, 5) is 23.3. The minimum Gasteiger partial charge on any atom is -0.387 e. The topological polar surface area (TPSA) is 173 Å². The number of ether oxygens (including phenoxy) is 1. The van der Waals surface area contributed by atoms with Gasteiger partial charge in [-0.05, 0) is 31.7 Å². The Balaban J connectivity index is 1.44. The van der Waals surface area contributed by atoms with Gasteiger partial charge in [0.05, 0.1) is 30.8 Å². The predicted octanol–water partition coefficient (Wildman–Crippen LogP) is 0.224. The molecule has 6 rings (SSSR count). The summed E-state index contributed by atoms with van der Waals surface area (Å²) in [6.45, 7) is -0.160. The van der Waals surface area contributed by atoms with Crippen LogP contribution in [0.5, 0.6) is 0 Å². The number of aliphatic hydroxyl groups excluding tert-OH is 1. The number of fused-ring (bicyclic) bond motifs is 3. The third-order valence-electron chi connectivity index (χ3n) is 7.81. The molecule has 13 heteroatoms. The first-order valence-electron chi connectivity index (χ1n) is 12.2. The number of hydrogen-bond acceptors (Lipinski definition) is 10. The molecule has 196 valence electrons. The number of nitrogens with two attached hydrogens (primary N) is 1. The number of nitrogen functional groups attached to an aromatic ring is 1. The maximum absolute atomic E-state index is 12.9. The van der Waals surface area contributed by atoms with Gasteiger partial charge >= 0.3 is 0 Å². The van der Waals surface area contributed by atoms with E-state index in [-0.39, 0.29) is 47.8 Å². The minimum absolute atomic E-state index is 0.0135. The van der Waals surface area contributed by atoms with Crippen LogP contribution in [-0.4, -0.2) is 87.2 Å². The number of carbonyl (C=O) groups excluding carboxylic acids is 1. The largest absolute Gasteiger partial charge is 0.387 e. The van der Waals surface area contributed by atoms with E-state index in [2.05, 4.69) is 10.1 Å². The highest BCUT2D eigenvalue weighted by molar-refractivity contribution is 7.91. The Morgan fingerprint density at radius 1 is 1.22 bits per heavy atom. The van der Waals surface area contributed by atoms with E-state index in [4.69, 9.17) is 15.5 Å². The fourth-order valence-electron chi connectivity index (χ4n) is 6.04. The van der Waals surface area contributed by atoms with Gasteiger partial charge in [-0.1, -0.05) is 6.07 Å². The van der Waals surface area contributed by atoms with Gasteiger partial charge in [0.25, 0.3) is 0 Å². The van der Waals surface area contributed by atoms with Gasteiger partial charge in [0, 0.05) is 41.6 Å². The van der Waals surface area contributed by atoms with Crippen LogP contribution in [0.2, 0.25) is 0 Å². The van der Waals surface area contributed by atoms with Crippen molar-refractivity contribution in [3.05, 3.63) is 35.9 Å². The molecule has 3 aliphatic heterocycles. The van der Waals surface area contributed by atoms with Crippen molar-refractivity contribution < 1.29 is 28.2 Å². The molecular formula is C24H28N6O6S. The lowest BCUT2D eigenvalue weighted by atomic mass is 9.87. The van der Waals surface area contributed by atoms with E-state index in [1.807, 2.05) is 0 Å². The summed E-state index contributed by atoms with van der Waals surface area (Å²) < 4.78 is 32.2. The van der Waals surface area contributed by atoms with Gasteiger partial charge < -0.3 is 25.6 Å². The van der Waals surface area contributed by atoms with Crippen molar-refractivity contribution in [2.24, 2.45) is 0 Å². The number of amides is 1. The van der Waals surface area contributed by atoms with Crippen molar-refractivity contribution >= 4 is 27.2 Å². The van der Waals surface area contributed by atoms with Crippen molar-refractivity contribution in [3.8, 4) is 11.1 Å². The predicted molar refractivity (Wildman–Crippen MR) is 131 cm³/mol. The van der Waals surface area contributed by atoms with E-state index in [1.54, 1.807) is 29.4 Å². The summed E-state index contributed by atoms with van der Waals surface area (Å²) in [5.41, 5.74) is 7.93. The van der Waals surface area contributed by atoms with Crippen LogP contribution in [0.4, 0.5) is 5.82 Å². The number of aliphatic hydroxyl groups is 2. The van der Waals surface area contributed by atoms with Crippen LogP contribution in [0.15, 0.2) is 29.4 Å². The number of aromatic nitrogens is 4. The molecule has 6 heterocycles. The normalized spacial score (nSPS) is 24.8. The SMILES string of the molecule is CS(=O)(=O)c1c(C2CC3CCC(C2)N3C(=O)CO)nc2c(-c3ccc(C4(O)COC4)nc3)cnn2c1N. The highest BCUT2D eigenvalue weighted by Crippen LogP contribution is 2.45. The van der Waals surface area contributed by atoms with E-state index in [0.717, 1.165) is 19.1 Å². The number of hydrogen-bond donors (Lipinski definition) is 3. The smallest absolute Gasteiger partial charge is 0.248 e. The zero-order chi connectivity index (χ0) is 26.1. The third-order valence-corrected chi connectivity index (χ3v) is 8.97. The monoisotopic (exact) mass is 528 g/mol. The van der Waals surface area contributed by atoms with Crippen LogP contribution in [0.25, 0.3) is 16.8 Å². The average Bonchev–Trinajstić information content (AvgIpc) is 3.39. The molecule has 3 saturated heterocycles. The summed E-state index contributed by atoms with van der Waals surface area (Å²) in [7, 11) is -3.75. The first-order valence-corrected chi connectivity index (χ1v) is 14.1. The molecule has 2 unspecified atom stereocenters. The Hall–Kier alpha value is -3.13. The Kier molecular flexibility index (Phi) is 5.53. The van der Waals surface area contributed by atoms with Crippen molar-refractivity contribution in [3.63, 3.8) is 0 Å². The quantitative estimate of drug-likeness (QED) is 0.416. The maximum Gasteiger partial charge on any atom is 0.248 e. The number of pyridine rings is 1. The molecule has 3 aromatic rings. The maximum atomic E-state index is 12.9. The van der Waals surface area contributed by atoms with E-state index in [9.17, 15) is 23.4 Å². The van der Waals surface area contributed by atoms with Crippen LogP contribution < -0.4 is 5.73 Å². The van der Waals surface area contributed by atoms with Crippen LogP contribution in [0, 0.1) is 0 Å². The number of carbonyl (C=O) groups is 1. The highest BCUT2D eigenvalue weighted by atomic mass is 32.2. The van der Waals surface area contributed by atoms with Crippen LogP contribution in [0.3, 0.4) is 0 Å². The van der Waals surface area contributed by atoms with Gasteiger partial charge in [0.15, 0.2) is 21.1 Å². The second-order valence-corrected chi connectivity index (χ2v) is 12.2. The van der Waals surface area contributed by atoms with Gasteiger partial charge in [-0.2, -0.15) is 9.61 Å². The number of nitrogens with zero attached hydrogens (tertiary/aromatic N) is 5. The number of piperidine rings is 1. The summed E-state index contributed by atoms with van der Waals surface area (Å²) in [5, 5.41) is 24.2. The zero-order valence-electron chi connectivity index (χ0n) is 20.2. The lowest BCUT2D eigenvalue weighted by Crippen LogP contribution is -2.47. The third kappa shape index (κ3) is 3.79. The Bertz CT molecular complexity index is 1490. The first-order chi connectivity index (χ1) is 17.6. The minimum atomic E-state index is -3.75. The first kappa shape index (κ1) is 24.2. The van der Waals surface area contributed by atoms with E-state index in [1.165, 1.54) is 4.52 Å². The van der Waals surface area contributed by atoms with Crippen LogP contribution >= 0.6 is 0 Å². The fourth-order valence-corrected chi connectivity index (χ4v) is 7.10. The van der Waals surface area contributed by atoms with E-state index >= 15 is 0 Å². The molecule has 0 radical (unpaired) electrons. The summed E-state index contributed by atoms with van der Waals surface area (Å²) in [6, 6.07) is 3.36. The van der Waals surface area contributed by atoms with E-state index < -0.39 is 22.0 Å². The molecule has 4 N–H and O–H groups in total. The molecule has 37 heavy (non-hydrogen) atoms. The van der Waals surface area contributed by atoms with Gasteiger partial charge in [0.1, 0.15) is 17.3 Å². The molecule has 0 spiro atoms. The van der Waals surface area contributed by atoms with Crippen molar-refractivity contribution in [1.29, 1.82) is 0 Å². The molecule has 12 nitrogen and oxygen atoms in total. The Morgan fingerprint density at radius 2 is 1.92 bits per heavy atom. The zero-order valence-corrected chi connectivity index (χ0v) is 21.1. The lowest BCUT2D eigenvalue weighted by Gasteiger charge is -2.39.